The summed E-state index contributed by atoms with van der Waals surface area (Å²) in [5, 5.41) is 20.1. The van der Waals surface area contributed by atoms with Crippen LogP contribution in [0.25, 0.3) is 0 Å². The molecule has 0 fully saturated rings. The summed E-state index contributed by atoms with van der Waals surface area (Å²) in [6.07, 6.45) is 1.53. The van der Waals surface area contributed by atoms with Crippen LogP contribution in [-0.2, 0) is 0 Å². The van der Waals surface area contributed by atoms with Crippen LogP contribution >= 0.6 is 0 Å². The molecule has 0 amide bonds. The fourth-order valence-corrected chi connectivity index (χ4v) is 1.11. The summed E-state index contributed by atoms with van der Waals surface area (Å²) in [4.78, 5) is 0. The standard InChI is InChI=1S/C10H17N3O/c1-8-5-6-10(13-12-8)11-7-3-4-9(2)14/h5-6,9,14H,3-4,7H2,1-2H3,(H,11,13). The molecule has 1 rings (SSSR count). The molecule has 0 spiro atoms. The van der Waals surface area contributed by atoms with Crippen LogP contribution in [0.5, 0.6) is 0 Å². The third-order valence-corrected chi connectivity index (χ3v) is 1.90. The molecule has 0 aliphatic carbocycles. The zero-order valence-corrected chi connectivity index (χ0v) is 8.70. The van der Waals surface area contributed by atoms with E-state index in [4.69, 9.17) is 5.11 Å². The molecule has 0 aromatic carbocycles. The Kier molecular flexibility index (Phi) is 4.32. The van der Waals surface area contributed by atoms with Gasteiger partial charge in [-0.3, -0.25) is 0 Å². The molecule has 4 heteroatoms. The van der Waals surface area contributed by atoms with Crippen LogP contribution in [0.1, 0.15) is 25.5 Å². The lowest BCUT2D eigenvalue weighted by molar-refractivity contribution is 0.183. The largest absolute Gasteiger partial charge is 0.393 e. The predicted molar refractivity (Wildman–Crippen MR) is 56.2 cm³/mol. The Bertz CT molecular complexity index is 259. The number of aromatic nitrogens is 2. The monoisotopic (exact) mass is 195 g/mol. The second kappa shape index (κ2) is 5.54. The van der Waals surface area contributed by atoms with Gasteiger partial charge in [-0.05, 0) is 38.8 Å². The van der Waals surface area contributed by atoms with Gasteiger partial charge in [-0.1, -0.05) is 0 Å². The average molecular weight is 195 g/mol. The van der Waals surface area contributed by atoms with E-state index in [0.29, 0.717) is 0 Å². The zero-order chi connectivity index (χ0) is 10.4. The molecule has 78 valence electrons. The fraction of sp³-hybridized carbons (Fsp3) is 0.600. The van der Waals surface area contributed by atoms with Gasteiger partial charge >= 0.3 is 0 Å². The summed E-state index contributed by atoms with van der Waals surface area (Å²) in [6, 6.07) is 3.83. The van der Waals surface area contributed by atoms with Gasteiger partial charge in [-0.2, -0.15) is 5.10 Å². The first kappa shape index (κ1) is 10.9. The van der Waals surface area contributed by atoms with Gasteiger partial charge in [0.2, 0.25) is 0 Å². The summed E-state index contributed by atoms with van der Waals surface area (Å²) in [7, 11) is 0. The number of aryl methyl sites for hydroxylation is 1. The van der Waals surface area contributed by atoms with Gasteiger partial charge in [0.05, 0.1) is 11.8 Å². The molecule has 1 aromatic heterocycles. The molecule has 0 bridgehead atoms. The molecular formula is C10H17N3O. The summed E-state index contributed by atoms with van der Waals surface area (Å²) in [5.41, 5.74) is 0.916. The van der Waals surface area contributed by atoms with Crippen molar-refractivity contribution in [2.45, 2.75) is 32.8 Å². The van der Waals surface area contributed by atoms with Crippen molar-refractivity contribution in [2.75, 3.05) is 11.9 Å². The van der Waals surface area contributed by atoms with Crippen molar-refractivity contribution < 1.29 is 5.11 Å². The number of hydrogen-bond donors (Lipinski definition) is 2. The van der Waals surface area contributed by atoms with E-state index in [2.05, 4.69) is 15.5 Å². The van der Waals surface area contributed by atoms with E-state index in [1.165, 1.54) is 0 Å². The highest BCUT2D eigenvalue weighted by atomic mass is 16.3. The van der Waals surface area contributed by atoms with Crippen molar-refractivity contribution >= 4 is 5.82 Å². The van der Waals surface area contributed by atoms with E-state index >= 15 is 0 Å². The smallest absolute Gasteiger partial charge is 0.148 e. The van der Waals surface area contributed by atoms with Crippen molar-refractivity contribution in [1.29, 1.82) is 0 Å². The molecular weight excluding hydrogens is 178 g/mol. The Morgan fingerprint density at radius 2 is 2.21 bits per heavy atom. The Labute approximate surface area is 84.4 Å². The van der Waals surface area contributed by atoms with Gasteiger partial charge in [0.25, 0.3) is 0 Å². The van der Waals surface area contributed by atoms with Crippen LogP contribution in [0.3, 0.4) is 0 Å². The lowest BCUT2D eigenvalue weighted by Gasteiger charge is -2.05. The summed E-state index contributed by atoms with van der Waals surface area (Å²) in [5.74, 6) is 0.793. The van der Waals surface area contributed by atoms with Gasteiger partial charge in [0, 0.05) is 6.54 Å². The number of nitrogens with one attached hydrogen (secondary N) is 1. The van der Waals surface area contributed by atoms with Crippen LogP contribution in [0.2, 0.25) is 0 Å². The van der Waals surface area contributed by atoms with E-state index < -0.39 is 0 Å². The minimum Gasteiger partial charge on any atom is -0.393 e. The summed E-state index contributed by atoms with van der Waals surface area (Å²) in [6.45, 7) is 4.53. The second-order valence-electron chi connectivity index (χ2n) is 3.48. The quantitative estimate of drug-likeness (QED) is 0.696. The SMILES string of the molecule is Cc1ccc(NCCCC(C)O)nn1. The van der Waals surface area contributed by atoms with Crippen molar-refractivity contribution in [3.8, 4) is 0 Å². The Hall–Kier alpha value is -1.16. The lowest BCUT2D eigenvalue weighted by Crippen LogP contribution is -2.07. The van der Waals surface area contributed by atoms with Gasteiger partial charge in [-0.15, -0.1) is 5.10 Å². The van der Waals surface area contributed by atoms with E-state index in [9.17, 15) is 0 Å². The van der Waals surface area contributed by atoms with Gasteiger partial charge in [0.15, 0.2) is 0 Å². The molecule has 0 saturated heterocycles. The van der Waals surface area contributed by atoms with Crippen LogP contribution in [0, 0.1) is 6.92 Å². The molecule has 14 heavy (non-hydrogen) atoms. The topological polar surface area (TPSA) is 58.0 Å². The Balaban J connectivity index is 2.21. The Morgan fingerprint density at radius 1 is 1.43 bits per heavy atom. The first-order valence-electron chi connectivity index (χ1n) is 4.91. The van der Waals surface area contributed by atoms with Crippen LogP contribution < -0.4 is 5.32 Å². The highest BCUT2D eigenvalue weighted by molar-refractivity contribution is 5.32. The van der Waals surface area contributed by atoms with Crippen molar-refractivity contribution in [3.05, 3.63) is 17.8 Å². The molecule has 1 aromatic rings. The van der Waals surface area contributed by atoms with Crippen molar-refractivity contribution in [2.24, 2.45) is 0 Å². The highest BCUT2D eigenvalue weighted by Crippen LogP contribution is 2.02. The second-order valence-corrected chi connectivity index (χ2v) is 3.48. The van der Waals surface area contributed by atoms with E-state index in [-0.39, 0.29) is 6.10 Å². The maximum Gasteiger partial charge on any atom is 0.148 e. The summed E-state index contributed by atoms with van der Waals surface area (Å²) >= 11 is 0. The molecule has 1 heterocycles. The molecule has 1 unspecified atom stereocenters. The highest BCUT2D eigenvalue weighted by Gasteiger charge is 1.96. The van der Waals surface area contributed by atoms with Crippen LogP contribution in [-0.4, -0.2) is 28.0 Å². The van der Waals surface area contributed by atoms with Crippen LogP contribution in [0.4, 0.5) is 5.82 Å². The number of aliphatic hydroxyl groups is 1. The summed E-state index contributed by atoms with van der Waals surface area (Å²) < 4.78 is 0. The first-order valence-corrected chi connectivity index (χ1v) is 4.91. The molecule has 0 saturated carbocycles. The Morgan fingerprint density at radius 3 is 2.79 bits per heavy atom. The van der Waals surface area contributed by atoms with E-state index in [1.807, 2.05) is 19.1 Å². The third kappa shape index (κ3) is 4.18. The number of nitrogens with zero attached hydrogens (tertiary/aromatic N) is 2. The fourth-order valence-electron chi connectivity index (χ4n) is 1.11. The van der Waals surface area contributed by atoms with Gasteiger partial charge in [-0.25, -0.2) is 0 Å². The average Bonchev–Trinajstić information content (AvgIpc) is 2.15. The van der Waals surface area contributed by atoms with E-state index in [1.54, 1.807) is 6.92 Å². The minimum atomic E-state index is -0.221. The molecule has 4 nitrogen and oxygen atoms in total. The third-order valence-electron chi connectivity index (χ3n) is 1.90. The predicted octanol–water partition coefficient (Wildman–Crippen LogP) is 1.36. The van der Waals surface area contributed by atoms with Crippen LogP contribution in [0.15, 0.2) is 12.1 Å². The number of hydrogen-bond acceptors (Lipinski definition) is 4. The molecule has 1 atom stereocenters. The maximum atomic E-state index is 9.03. The van der Waals surface area contributed by atoms with Crippen molar-refractivity contribution in [3.63, 3.8) is 0 Å². The normalized spacial score (nSPS) is 12.5. The lowest BCUT2D eigenvalue weighted by atomic mass is 10.2. The zero-order valence-electron chi connectivity index (χ0n) is 8.70. The van der Waals surface area contributed by atoms with Crippen molar-refractivity contribution in [1.82, 2.24) is 10.2 Å². The number of aliphatic hydroxyl groups excluding tert-OH is 1. The van der Waals surface area contributed by atoms with Gasteiger partial charge in [0.1, 0.15) is 5.82 Å². The van der Waals surface area contributed by atoms with Gasteiger partial charge < -0.3 is 10.4 Å². The maximum absolute atomic E-state index is 9.03. The molecule has 0 radical (unpaired) electrons. The molecule has 0 aliphatic rings. The number of rotatable bonds is 5. The van der Waals surface area contributed by atoms with E-state index in [0.717, 1.165) is 30.9 Å². The molecule has 0 aliphatic heterocycles. The number of anilines is 1. The minimum absolute atomic E-state index is 0.221. The molecule has 2 N–H and O–H groups in total. The first-order chi connectivity index (χ1) is 6.68.